The fourth-order valence-corrected chi connectivity index (χ4v) is 4.01. The normalized spacial score (nSPS) is 12.3. The van der Waals surface area contributed by atoms with E-state index < -0.39 is 34.3 Å². The Balaban J connectivity index is 2.38. The molecule has 1 atom stereocenters. The molecule has 0 bridgehead atoms. The van der Waals surface area contributed by atoms with E-state index in [-0.39, 0.29) is 18.5 Å². The van der Waals surface area contributed by atoms with Gasteiger partial charge in [0, 0.05) is 12.6 Å². The molecule has 0 radical (unpaired) electrons. The zero-order valence-corrected chi connectivity index (χ0v) is 19.8. The first-order valence-electron chi connectivity index (χ1n) is 10.3. The van der Waals surface area contributed by atoms with E-state index >= 15 is 0 Å². The molecule has 0 saturated carbocycles. The van der Waals surface area contributed by atoms with E-state index in [4.69, 9.17) is 0 Å². The number of rotatable bonds is 9. The second-order valence-electron chi connectivity index (χ2n) is 8.10. The minimum atomic E-state index is -3.77. The van der Waals surface area contributed by atoms with Gasteiger partial charge in [0.05, 0.1) is 11.9 Å². The van der Waals surface area contributed by atoms with Gasteiger partial charge in [0.2, 0.25) is 21.8 Å². The Morgan fingerprint density at radius 2 is 1.69 bits per heavy atom. The highest BCUT2D eigenvalue weighted by Crippen LogP contribution is 2.20. The average molecular weight is 464 g/mol. The molecular weight excluding hydrogens is 433 g/mol. The van der Waals surface area contributed by atoms with E-state index in [2.05, 4.69) is 5.32 Å². The number of sulfonamides is 1. The first kappa shape index (κ1) is 25.3. The zero-order valence-electron chi connectivity index (χ0n) is 19.0. The summed E-state index contributed by atoms with van der Waals surface area (Å²) in [7, 11) is -3.77. The van der Waals surface area contributed by atoms with Crippen LogP contribution in [0.25, 0.3) is 0 Å². The molecule has 174 valence electrons. The SMILES string of the molecule is Cc1cccc(N(CC(=O)N(Cc2ccc(F)cc2)[C@H](C)C(=O)NC(C)C)S(C)(=O)=O)c1. The second-order valence-corrected chi connectivity index (χ2v) is 10.0. The van der Waals surface area contributed by atoms with Crippen molar-refractivity contribution in [3.05, 3.63) is 65.5 Å². The number of nitrogens with one attached hydrogen (secondary N) is 1. The van der Waals surface area contributed by atoms with E-state index in [1.54, 1.807) is 39.0 Å². The summed E-state index contributed by atoms with van der Waals surface area (Å²) in [6.45, 7) is 6.57. The summed E-state index contributed by atoms with van der Waals surface area (Å²) < 4.78 is 39.3. The Morgan fingerprint density at radius 1 is 1.06 bits per heavy atom. The van der Waals surface area contributed by atoms with Gasteiger partial charge < -0.3 is 10.2 Å². The Kier molecular flexibility index (Phi) is 8.38. The molecule has 9 heteroatoms. The zero-order chi connectivity index (χ0) is 24.1. The van der Waals surface area contributed by atoms with Gasteiger partial charge in [0.25, 0.3) is 0 Å². The van der Waals surface area contributed by atoms with Crippen LogP contribution in [0.3, 0.4) is 0 Å². The van der Waals surface area contributed by atoms with Crippen LogP contribution in [0, 0.1) is 12.7 Å². The summed E-state index contributed by atoms with van der Waals surface area (Å²) in [5.74, 6) is -1.33. The molecule has 32 heavy (non-hydrogen) atoms. The maximum atomic E-state index is 13.3. The van der Waals surface area contributed by atoms with Gasteiger partial charge in [0.1, 0.15) is 18.4 Å². The van der Waals surface area contributed by atoms with Gasteiger partial charge in [-0.1, -0.05) is 24.3 Å². The number of hydrogen-bond donors (Lipinski definition) is 1. The van der Waals surface area contributed by atoms with Crippen LogP contribution in [0.1, 0.15) is 31.9 Å². The number of benzene rings is 2. The van der Waals surface area contributed by atoms with Crippen LogP contribution in [0.15, 0.2) is 48.5 Å². The minimum Gasteiger partial charge on any atom is -0.352 e. The van der Waals surface area contributed by atoms with Crippen molar-refractivity contribution >= 4 is 27.5 Å². The number of anilines is 1. The molecule has 0 aliphatic heterocycles. The molecule has 2 amide bonds. The maximum absolute atomic E-state index is 13.3. The van der Waals surface area contributed by atoms with Crippen molar-refractivity contribution in [2.75, 3.05) is 17.1 Å². The first-order chi connectivity index (χ1) is 14.9. The van der Waals surface area contributed by atoms with Crippen molar-refractivity contribution in [2.45, 2.75) is 46.3 Å². The third-order valence-electron chi connectivity index (χ3n) is 4.83. The first-order valence-corrected chi connectivity index (χ1v) is 12.1. The topological polar surface area (TPSA) is 86.8 Å². The summed E-state index contributed by atoms with van der Waals surface area (Å²) in [4.78, 5) is 27.3. The van der Waals surface area contributed by atoms with E-state index in [0.717, 1.165) is 16.1 Å². The standard InChI is InChI=1S/C23H30FN3O4S/c1-16(2)25-23(29)18(4)26(14-19-9-11-20(24)12-10-19)22(28)15-27(32(5,30)31)21-8-6-7-17(3)13-21/h6-13,16,18H,14-15H2,1-5H3,(H,25,29)/t18-/m1/s1. The third-order valence-corrected chi connectivity index (χ3v) is 5.97. The van der Waals surface area contributed by atoms with E-state index in [1.807, 2.05) is 13.0 Å². The van der Waals surface area contributed by atoms with Gasteiger partial charge in [0.15, 0.2) is 0 Å². The third kappa shape index (κ3) is 7.05. The van der Waals surface area contributed by atoms with Gasteiger partial charge >= 0.3 is 0 Å². The van der Waals surface area contributed by atoms with Crippen LogP contribution in [0.5, 0.6) is 0 Å². The lowest BCUT2D eigenvalue weighted by molar-refractivity contribution is -0.139. The highest BCUT2D eigenvalue weighted by Gasteiger charge is 2.30. The molecular formula is C23H30FN3O4S. The van der Waals surface area contributed by atoms with Gasteiger partial charge in [-0.2, -0.15) is 0 Å². The number of hydrogen-bond acceptors (Lipinski definition) is 4. The lowest BCUT2D eigenvalue weighted by Gasteiger charge is -2.32. The lowest BCUT2D eigenvalue weighted by atomic mass is 10.1. The molecule has 0 aliphatic rings. The molecule has 0 fully saturated rings. The van der Waals surface area contributed by atoms with Gasteiger partial charge in [-0.15, -0.1) is 0 Å². The molecule has 2 aromatic rings. The maximum Gasteiger partial charge on any atom is 0.244 e. The van der Waals surface area contributed by atoms with Crippen molar-refractivity contribution in [1.29, 1.82) is 0 Å². The fraction of sp³-hybridized carbons (Fsp3) is 0.391. The Bertz CT molecular complexity index is 1060. The monoisotopic (exact) mass is 463 g/mol. The number of nitrogens with zero attached hydrogens (tertiary/aromatic N) is 2. The molecule has 2 aromatic carbocycles. The Morgan fingerprint density at radius 3 is 2.22 bits per heavy atom. The number of carbonyl (C=O) groups excluding carboxylic acids is 2. The predicted molar refractivity (Wildman–Crippen MR) is 123 cm³/mol. The highest BCUT2D eigenvalue weighted by atomic mass is 32.2. The summed E-state index contributed by atoms with van der Waals surface area (Å²) in [5, 5.41) is 2.77. The van der Waals surface area contributed by atoms with Gasteiger partial charge in [-0.3, -0.25) is 13.9 Å². The second kappa shape index (κ2) is 10.6. The average Bonchev–Trinajstić information content (AvgIpc) is 2.69. The molecule has 0 aliphatic carbocycles. The van der Waals surface area contributed by atoms with Crippen molar-refractivity contribution < 1.29 is 22.4 Å². The van der Waals surface area contributed by atoms with Crippen LogP contribution >= 0.6 is 0 Å². The molecule has 7 nitrogen and oxygen atoms in total. The predicted octanol–water partition coefficient (Wildman–Crippen LogP) is 2.84. The number of aryl methyl sites for hydroxylation is 1. The number of amides is 2. The van der Waals surface area contributed by atoms with Gasteiger partial charge in [-0.25, -0.2) is 12.8 Å². The van der Waals surface area contributed by atoms with E-state index in [0.29, 0.717) is 11.3 Å². The Hall–Kier alpha value is -2.94. The molecule has 2 rings (SSSR count). The van der Waals surface area contributed by atoms with Crippen molar-refractivity contribution in [3.63, 3.8) is 0 Å². The number of carbonyl (C=O) groups is 2. The van der Waals surface area contributed by atoms with E-state index in [1.165, 1.54) is 29.2 Å². The van der Waals surface area contributed by atoms with Crippen molar-refractivity contribution in [3.8, 4) is 0 Å². The van der Waals surface area contributed by atoms with Crippen LogP contribution in [0.2, 0.25) is 0 Å². The summed E-state index contributed by atoms with van der Waals surface area (Å²) in [5.41, 5.74) is 1.82. The smallest absolute Gasteiger partial charge is 0.244 e. The minimum absolute atomic E-state index is 0.0250. The summed E-state index contributed by atoms with van der Waals surface area (Å²) in [6, 6.07) is 11.4. The molecule has 0 saturated heterocycles. The number of halogens is 1. The lowest BCUT2D eigenvalue weighted by Crippen LogP contribution is -2.52. The van der Waals surface area contributed by atoms with E-state index in [9.17, 15) is 22.4 Å². The molecule has 1 N–H and O–H groups in total. The fourth-order valence-electron chi connectivity index (χ4n) is 3.17. The molecule has 0 unspecified atom stereocenters. The van der Waals surface area contributed by atoms with Crippen LogP contribution in [-0.2, 0) is 26.2 Å². The van der Waals surface area contributed by atoms with Crippen molar-refractivity contribution in [2.24, 2.45) is 0 Å². The van der Waals surface area contributed by atoms with Crippen LogP contribution < -0.4 is 9.62 Å². The summed E-state index contributed by atoms with van der Waals surface area (Å²) >= 11 is 0. The largest absolute Gasteiger partial charge is 0.352 e. The molecule has 0 aromatic heterocycles. The molecule has 0 heterocycles. The summed E-state index contributed by atoms with van der Waals surface area (Å²) in [6.07, 6.45) is 1.03. The molecule has 0 spiro atoms. The van der Waals surface area contributed by atoms with Crippen LogP contribution in [0.4, 0.5) is 10.1 Å². The van der Waals surface area contributed by atoms with Crippen molar-refractivity contribution in [1.82, 2.24) is 10.2 Å². The highest BCUT2D eigenvalue weighted by molar-refractivity contribution is 7.92. The van der Waals surface area contributed by atoms with Gasteiger partial charge in [-0.05, 0) is 63.1 Å². The Labute approximate surface area is 189 Å². The quantitative estimate of drug-likeness (QED) is 0.620. The van der Waals surface area contributed by atoms with Crippen LogP contribution in [-0.4, -0.2) is 50.0 Å².